The van der Waals surface area contributed by atoms with E-state index in [1.165, 1.54) is 4.90 Å². The summed E-state index contributed by atoms with van der Waals surface area (Å²) >= 11 is 0. The predicted octanol–water partition coefficient (Wildman–Crippen LogP) is 1.00. The number of aliphatic hydroxyl groups is 1. The lowest BCUT2D eigenvalue weighted by Crippen LogP contribution is -2.38. The van der Waals surface area contributed by atoms with Crippen molar-refractivity contribution in [3.05, 3.63) is 0 Å². The monoisotopic (exact) mass is 199 g/mol. The van der Waals surface area contributed by atoms with Gasteiger partial charge in [-0.3, -0.25) is 0 Å². The van der Waals surface area contributed by atoms with Crippen molar-refractivity contribution in [2.24, 2.45) is 17.8 Å². The number of rotatable bonds is 2. The van der Waals surface area contributed by atoms with E-state index >= 15 is 0 Å². The molecule has 2 fully saturated rings. The van der Waals surface area contributed by atoms with Gasteiger partial charge in [-0.25, -0.2) is 4.79 Å². The Balaban J connectivity index is 1.77. The van der Waals surface area contributed by atoms with Gasteiger partial charge in [0, 0.05) is 19.7 Å². The molecule has 0 spiro atoms. The average molecular weight is 199 g/mol. The molecule has 0 unspecified atom stereocenters. The topological polar surface area (TPSA) is 60.8 Å². The van der Waals surface area contributed by atoms with Crippen LogP contribution in [0.15, 0.2) is 0 Å². The fourth-order valence-corrected chi connectivity index (χ4v) is 2.58. The average Bonchev–Trinajstić information content (AvgIpc) is 2.97. The van der Waals surface area contributed by atoms with Crippen LogP contribution in [-0.4, -0.2) is 40.9 Å². The summed E-state index contributed by atoms with van der Waals surface area (Å²) in [5.74, 6) is 1.84. The molecule has 2 N–H and O–H groups in total. The van der Waals surface area contributed by atoms with E-state index in [-0.39, 0.29) is 0 Å². The molecular formula is C10H17NO3. The van der Waals surface area contributed by atoms with E-state index in [1.54, 1.807) is 0 Å². The lowest BCUT2D eigenvalue weighted by Gasteiger charge is -2.30. The zero-order chi connectivity index (χ0) is 10.1. The van der Waals surface area contributed by atoms with Gasteiger partial charge in [0.25, 0.3) is 0 Å². The van der Waals surface area contributed by atoms with Crippen LogP contribution in [0.3, 0.4) is 0 Å². The molecule has 4 nitrogen and oxygen atoms in total. The van der Waals surface area contributed by atoms with Gasteiger partial charge >= 0.3 is 6.09 Å². The zero-order valence-electron chi connectivity index (χ0n) is 8.22. The van der Waals surface area contributed by atoms with Gasteiger partial charge < -0.3 is 15.1 Å². The van der Waals surface area contributed by atoms with E-state index in [9.17, 15) is 4.79 Å². The van der Waals surface area contributed by atoms with Crippen LogP contribution in [0.2, 0.25) is 0 Å². The molecule has 2 rings (SSSR count). The van der Waals surface area contributed by atoms with E-state index in [0.29, 0.717) is 37.5 Å². The van der Waals surface area contributed by atoms with Crippen molar-refractivity contribution in [2.75, 3.05) is 19.7 Å². The molecule has 2 aliphatic rings. The molecule has 80 valence electrons. The van der Waals surface area contributed by atoms with Crippen molar-refractivity contribution in [1.82, 2.24) is 4.90 Å². The quantitative estimate of drug-likeness (QED) is 0.697. The number of likely N-dealkylation sites (tertiary alicyclic amines) is 1. The standard InChI is InChI=1S/C10H17NO3/c12-6-8-5-9(8)7-1-3-11(4-2-7)10(13)14/h7-9,12H,1-6H2,(H,13,14)/t8-,9-/m1/s1. The van der Waals surface area contributed by atoms with E-state index < -0.39 is 6.09 Å². The summed E-state index contributed by atoms with van der Waals surface area (Å²) < 4.78 is 0. The molecule has 0 aromatic rings. The van der Waals surface area contributed by atoms with Crippen molar-refractivity contribution < 1.29 is 15.0 Å². The molecule has 1 aliphatic carbocycles. The van der Waals surface area contributed by atoms with Crippen molar-refractivity contribution in [3.8, 4) is 0 Å². The van der Waals surface area contributed by atoms with Crippen LogP contribution in [-0.2, 0) is 0 Å². The molecule has 1 heterocycles. The number of carbonyl (C=O) groups is 1. The third-order valence-corrected chi connectivity index (χ3v) is 3.63. The first-order chi connectivity index (χ1) is 6.72. The second-order valence-electron chi connectivity index (χ2n) is 4.45. The fourth-order valence-electron chi connectivity index (χ4n) is 2.58. The maximum Gasteiger partial charge on any atom is 0.407 e. The summed E-state index contributed by atoms with van der Waals surface area (Å²) in [7, 11) is 0. The summed E-state index contributed by atoms with van der Waals surface area (Å²) in [6.45, 7) is 1.66. The van der Waals surface area contributed by atoms with Crippen molar-refractivity contribution in [2.45, 2.75) is 19.3 Å². The number of amides is 1. The molecule has 0 bridgehead atoms. The summed E-state index contributed by atoms with van der Waals surface area (Å²) in [6.07, 6.45) is 2.31. The Morgan fingerprint density at radius 3 is 2.43 bits per heavy atom. The molecular weight excluding hydrogens is 182 g/mol. The Morgan fingerprint density at radius 1 is 1.36 bits per heavy atom. The minimum atomic E-state index is -0.794. The van der Waals surface area contributed by atoms with Crippen LogP contribution in [0.5, 0.6) is 0 Å². The van der Waals surface area contributed by atoms with E-state index in [0.717, 1.165) is 19.3 Å². The van der Waals surface area contributed by atoms with Crippen molar-refractivity contribution in [1.29, 1.82) is 0 Å². The first-order valence-corrected chi connectivity index (χ1v) is 5.31. The zero-order valence-corrected chi connectivity index (χ0v) is 8.22. The van der Waals surface area contributed by atoms with Gasteiger partial charge in [0.2, 0.25) is 0 Å². The Morgan fingerprint density at radius 2 is 2.00 bits per heavy atom. The Bertz CT molecular complexity index is 223. The highest BCUT2D eigenvalue weighted by Crippen LogP contribution is 2.47. The lowest BCUT2D eigenvalue weighted by atomic mass is 9.91. The Hall–Kier alpha value is -0.770. The molecule has 1 saturated heterocycles. The van der Waals surface area contributed by atoms with E-state index in [4.69, 9.17) is 10.2 Å². The molecule has 0 radical (unpaired) electrons. The first-order valence-electron chi connectivity index (χ1n) is 5.31. The highest BCUT2D eigenvalue weighted by molar-refractivity contribution is 5.64. The smallest absolute Gasteiger partial charge is 0.407 e. The number of carboxylic acid groups (broad SMARTS) is 1. The second kappa shape index (κ2) is 3.77. The third kappa shape index (κ3) is 1.85. The van der Waals surface area contributed by atoms with Crippen LogP contribution in [0, 0.1) is 17.8 Å². The molecule has 14 heavy (non-hydrogen) atoms. The van der Waals surface area contributed by atoms with Gasteiger partial charge in [-0.2, -0.15) is 0 Å². The van der Waals surface area contributed by atoms with E-state index in [2.05, 4.69) is 0 Å². The van der Waals surface area contributed by atoms with Gasteiger partial charge in [0.15, 0.2) is 0 Å². The minimum Gasteiger partial charge on any atom is -0.465 e. The summed E-state index contributed by atoms with van der Waals surface area (Å²) in [4.78, 5) is 12.1. The van der Waals surface area contributed by atoms with Crippen LogP contribution < -0.4 is 0 Å². The lowest BCUT2D eigenvalue weighted by molar-refractivity contribution is 0.118. The maximum atomic E-state index is 10.7. The van der Waals surface area contributed by atoms with Crippen LogP contribution in [0.1, 0.15) is 19.3 Å². The highest BCUT2D eigenvalue weighted by Gasteiger charge is 2.43. The van der Waals surface area contributed by atoms with Gasteiger partial charge in [-0.1, -0.05) is 0 Å². The van der Waals surface area contributed by atoms with Gasteiger partial charge in [-0.05, 0) is 37.0 Å². The molecule has 0 aromatic heterocycles. The van der Waals surface area contributed by atoms with Crippen LogP contribution >= 0.6 is 0 Å². The largest absolute Gasteiger partial charge is 0.465 e. The normalized spacial score (nSPS) is 33.1. The predicted molar refractivity (Wildman–Crippen MR) is 51.0 cm³/mol. The molecule has 1 amide bonds. The number of hydrogen-bond acceptors (Lipinski definition) is 2. The highest BCUT2D eigenvalue weighted by atomic mass is 16.4. The number of nitrogens with zero attached hydrogens (tertiary/aromatic N) is 1. The first kappa shape index (κ1) is 9.77. The Labute approximate surface area is 83.5 Å². The number of piperidine rings is 1. The summed E-state index contributed by atoms with van der Waals surface area (Å²) in [6, 6.07) is 0. The Kier molecular flexibility index (Phi) is 2.63. The number of aliphatic hydroxyl groups excluding tert-OH is 1. The van der Waals surface area contributed by atoms with Gasteiger partial charge in [-0.15, -0.1) is 0 Å². The van der Waals surface area contributed by atoms with E-state index in [1.807, 2.05) is 0 Å². The fraction of sp³-hybridized carbons (Fsp3) is 0.900. The molecule has 2 atom stereocenters. The van der Waals surface area contributed by atoms with Crippen molar-refractivity contribution >= 4 is 6.09 Å². The summed E-state index contributed by atoms with van der Waals surface area (Å²) in [5.41, 5.74) is 0. The SMILES string of the molecule is O=C(O)N1CCC([C@H]2C[C@@H]2CO)CC1. The van der Waals surface area contributed by atoms with Crippen molar-refractivity contribution in [3.63, 3.8) is 0 Å². The van der Waals surface area contributed by atoms with Gasteiger partial charge in [0.05, 0.1) is 0 Å². The molecule has 0 aromatic carbocycles. The minimum absolute atomic E-state index is 0.309. The van der Waals surface area contributed by atoms with Gasteiger partial charge in [0.1, 0.15) is 0 Å². The molecule has 1 aliphatic heterocycles. The van der Waals surface area contributed by atoms with Crippen LogP contribution in [0.4, 0.5) is 4.79 Å². The summed E-state index contributed by atoms with van der Waals surface area (Å²) in [5, 5.41) is 17.7. The molecule has 1 saturated carbocycles. The second-order valence-corrected chi connectivity index (χ2v) is 4.45. The maximum absolute atomic E-state index is 10.7. The third-order valence-electron chi connectivity index (χ3n) is 3.63. The van der Waals surface area contributed by atoms with Crippen LogP contribution in [0.25, 0.3) is 0 Å². The number of hydrogen-bond donors (Lipinski definition) is 2. The molecule has 4 heteroatoms.